The molecule has 1 aliphatic rings. The monoisotopic (exact) mass is 529 g/mol. The molecule has 4 aromatic rings. The van der Waals surface area contributed by atoms with E-state index < -0.39 is 15.9 Å². The molecule has 0 atom stereocenters. The van der Waals surface area contributed by atoms with Gasteiger partial charge in [0.15, 0.2) is 0 Å². The van der Waals surface area contributed by atoms with Crippen molar-refractivity contribution in [2.45, 2.75) is 18.7 Å². The molecule has 0 bridgehead atoms. The SMILES string of the molecule is Cc1cccc(N(CC(=O)Nc2ccc(N3CCOCC3)cc2)S(=O)(=O)c2cccc3ccccc23)c1C. The van der Waals surface area contributed by atoms with Crippen molar-refractivity contribution in [3.8, 4) is 0 Å². The van der Waals surface area contributed by atoms with Crippen LogP contribution >= 0.6 is 0 Å². The second-order valence-electron chi connectivity index (χ2n) is 9.40. The van der Waals surface area contributed by atoms with E-state index in [1.165, 1.54) is 4.31 Å². The first kappa shape index (κ1) is 25.8. The van der Waals surface area contributed by atoms with Crippen LogP contribution in [0.2, 0.25) is 0 Å². The van der Waals surface area contributed by atoms with E-state index in [4.69, 9.17) is 4.74 Å². The van der Waals surface area contributed by atoms with Crippen molar-refractivity contribution in [3.05, 3.63) is 96.1 Å². The first-order valence-corrected chi connectivity index (χ1v) is 14.1. The van der Waals surface area contributed by atoms with Crippen LogP contribution in [0, 0.1) is 13.8 Å². The molecule has 0 aliphatic carbocycles. The Morgan fingerprint density at radius 1 is 0.895 bits per heavy atom. The maximum Gasteiger partial charge on any atom is 0.265 e. The van der Waals surface area contributed by atoms with Crippen molar-refractivity contribution in [2.75, 3.05) is 47.4 Å². The normalized spacial score (nSPS) is 13.9. The fourth-order valence-corrected chi connectivity index (χ4v) is 6.45. The van der Waals surface area contributed by atoms with Crippen LogP contribution in [-0.2, 0) is 19.6 Å². The number of fused-ring (bicyclic) bond motifs is 1. The van der Waals surface area contributed by atoms with Gasteiger partial charge in [0.1, 0.15) is 6.54 Å². The van der Waals surface area contributed by atoms with E-state index in [9.17, 15) is 13.2 Å². The van der Waals surface area contributed by atoms with Gasteiger partial charge < -0.3 is 15.0 Å². The van der Waals surface area contributed by atoms with Crippen molar-refractivity contribution in [2.24, 2.45) is 0 Å². The third kappa shape index (κ3) is 5.23. The first-order chi connectivity index (χ1) is 18.3. The number of hydrogen-bond acceptors (Lipinski definition) is 5. The Morgan fingerprint density at radius 2 is 1.58 bits per heavy atom. The summed E-state index contributed by atoms with van der Waals surface area (Å²) in [6.45, 7) is 6.47. The number of morpholine rings is 1. The molecular formula is C30H31N3O4S. The molecule has 0 radical (unpaired) electrons. The molecule has 1 aliphatic heterocycles. The standard InChI is InChI=1S/C30H31N3O4S/c1-22-7-5-11-28(23(22)2)33(38(35,36)29-12-6-9-24-8-3-4-10-27(24)29)21-30(34)31-25-13-15-26(16-14-25)32-17-19-37-20-18-32/h3-16H,17-21H2,1-2H3,(H,31,34). The van der Waals surface area contributed by atoms with E-state index in [1.807, 2.05) is 74.5 Å². The molecular weight excluding hydrogens is 498 g/mol. The van der Waals surface area contributed by atoms with Crippen LogP contribution in [0.1, 0.15) is 11.1 Å². The summed E-state index contributed by atoms with van der Waals surface area (Å²) in [5, 5.41) is 4.31. The summed E-state index contributed by atoms with van der Waals surface area (Å²) in [5.41, 5.74) is 3.90. The molecule has 0 spiro atoms. The smallest absolute Gasteiger partial charge is 0.265 e. The second-order valence-corrected chi connectivity index (χ2v) is 11.2. The van der Waals surface area contributed by atoms with E-state index in [0.29, 0.717) is 30.0 Å². The molecule has 1 saturated heterocycles. The Labute approximate surface area is 223 Å². The van der Waals surface area contributed by atoms with Gasteiger partial charge >= 0.3 is 0 Å². The zero-order chi connectivity index (χ0) is 26.7. The van der Waals surface area contributed by atoms with Crippen LogP contribution in [0.15, 0.2) is 89.8 Å². The van der Waals surface area contributed by atoms with Gasteiger partial charge in [-0.15, -0.1) is 0 Å². The number of amides is 1. The lowest BCUT2D eigenvalue weighted by Gasteiger charge is -2.29. The van der Waals surface area contributed by atoms with E-state index in [1.54, 1.807) is 24.3 Å². The second kappa shape index (κ2) is 10.8. The van der Waals surface area contributed by atoms with Gasteiger partial charge in [0, 0.05) is 29.9 Å². The highest BCUT2D eigenvalue weighted by atomic mass is 32.2. The van der Waals surface area contributed by atoms with E-state index >= 15 is 0 Å². The Kier molecular flexibility index (Phi) is 7.35. The summed E-state index contributed by atoms with van der Waals surface area (Å²) >= 11 is 0. The molecule has 0 aromatic heterocycles. The Hall–Kier alpha value is -3.88. The molecule has 8 heteroatoms. The number of anilines is 3. The fraction of sp³-hybridized carbons (Fsp3) is 0.233. The summed E-state index contributed by atoms with van der Waals surface area (Å²) in [4.78, 5) is 15.7. The molecule has 38 heavy (non-hydrogen) atoms. The third-order valence-corrected chi connectivity index (χ3v) is 8.79. The van der Waals surface area contributed by atoms with Gasteiger partial charge in [-0.1, -0.05) is 48.5 Å². The van der Waals surface area contributed by atoms with Crippen molar-refractivity contribution >= 4 is 43.8 Å². The number of nitrogens with zero attached hydrogens (tertiary/aromatic N) is 2. The number of carbonyl (C=O) groups is 1. The van der Waals surface area contributed by atoms with Crippen LogP contribution < -0.4 is 14.5 Å². The summed E-state index contributed by atoms with van der Waals surface area (Å²) in [7, 11) is -4.07. The predicted molar refractivity (Wildman–Crippen MR) is 152 cm³/mol. The highest BCUT2D eigenvalue weighted by molar-refractivity contribution is 7.93. The molecule has 1 N–H and O–H groups in total. The van der Waals surface area contributed by atoms with E-state index in [0.717, 1.165) is 35.3 Å². The Bertz CT molecular complexity index is 1560. The van der Waals surface area contributed by atoms with Gasteiger partial charge in [0.25, 0.3) is 10.0 Å². The summed E-state index contributed by atoms with van der Waals surface area (Å²) in [5.74, 6) is -0.422. The molecule has 0 saturated carbocycles. The van der Waals surface area contributed by atoms with Gasteiger partial charge in [0.2, 0.25) is 5.91 Å². The first-order valence-electron chi connectivity index (χ1n) is 12.6. The van der Waals surface area contributed by atoms with Crippen LogP contribution in [0.5, 0.6) is 0 Å². The Balaban J connectivity index is 1.45. The number of aryl methyl sites for hydroxylation is 1. The average Bonchev–Trinajstić information content (AvgIpc) is 2.94. The summed E-state index contributed by atoms with van der Waals surface area (Å²) < 4.78 is 34.9. The number of sulfonamides is 1. The molecule has 1 heterocycles. The van der Waals surface area contributed by atoms with Gasteiger partial charge in [-0.2, -0.15) is 0 Å². The van der Waals surface area contributed by atoms with Crippen molar-refractivity contribution in [1.82, 2.24) is 0 Å². The Morgan fingerprint density at radius 3 is 2.34 bits per heavy atom. The zero-order valence-electron chi connectivity index (χ0n) is 21.6. The van der Waals surface area contributed by atoms with Crippen LogP contribution in [0.4, 0.5) is 17.1 Å². The minimum Gasteiger partial charge on any atom is -0.378 e. The maximum atomic E-state index is 14.1. The molecule has 196 valence electrons. The molecule has 5 rings (SSSR count). The number of nitrogens with one attached hydrogen (secondary N) is 1. The zero-order valence-corrected chi connectivity index (χ0v) is 22.4. The minimum atomic E-state index is -4.07. The summed E-state index contributed by atoms with van der Waals surface area (Å²) in [6, 6.07) is 25.6. The molecule has 0 unspecified atom stereocenters. The van der Waals surface area contributed by atoms with Crippen molar-refractivity contribution in [3.63, 3.8) is 0 Å². The maximum absolute atomic E-state index is 14.1. The number of hydrogen-bond donors (Lipinski definition) is 1. The lowest BCUT2D eigenvalue weighted by molar-refractivity contribution is -0.114. The molecule has 1 amide bonds. The highest BCUT2D eigenvalue weighted by Crippen LogP contribution is 2.32. The molecule has 7 nitrogen and oxygen atoms in total. The number of rotatable bonds is 7. The molecule has 4 aromatic carbocycles. The van der Waals surface area contributed by atoms with Crippen LogP contribution in [0.25, 0.3) is 10.8 Å². The topological polar surface area (TPSA) is 79.0 Å². The number of benzene rings is 4. The van der Waals surface area contributed by atoms with Gasteiger partial charge in [0.05, 0.1) is 23.8 Å². The highest BCUT2D eigenvalue weighted by Gasteiger charge is 2.30. The third-order valence-electron chi connectivity index (χ3n) is 6.98. The minimum absolute atomic E-state index is 0.166. The van der Waals surface area contributed by atoms with Crippen LogP contribution in [0.3, 0.4) is 0 Å². The lowest BCUT2D eigenvalue weighted by Crippen LogP contribution is -2.38. The van der Waals surface area contributed by atoms with Gasteiger partial charge in [-0.25, -0.2) is 8.42 Å². The predicted octanol–water partition coefficient (Wildman–Crippen LogP) is 5.13. The van der Waals surface area contributed by atoms with E-state index in [2.05, 4.69) is 10.2 Å². The fourth-order valence-electron chi connectivity index (χ4n) is 4.75. The largest absolute Gasteiger partial charge is 0.378 e. The van der Waals surface area contributed by atoms with Crippen molar-refractivity contribution < 1.29 is 17.9 Å². The summed E-state index contributed by atoms with van der Waals surface area (Å²) in [6.07, 6.45) is 0. The molecule has 1 fully saturated rings. The van der Waals surface area contributed by atoms with Crippen molar-refractivity contribution in [1.29, 1.82) is 0 Å². The lowest BCUT2D eigenvalue weighted by atomic mass is 10.1. The average molecular weight is 530 g/mol. The van der Waals surface area contributed by atoms with Gasteiger partial charge in [-0.3, -0.25) is 9.10 Å². The van der Waals surface area contributed by atoms with Gasteiger partial charge in [-0.05, 0) is 66.8 Å². The number of carbonyl (C=O) groups excluding carboxylic acids is 1. The van der Waals surface area contributed by atoms with E-state index in [-0.39, 0.29) is 11.4 Å². The quantitative estimate of drug-likeness (QED) is 0.359. The van der Waals surface area contributed by atoms with Crippen LogP contribution in [-0.4, -0.2) is 47.2 Å². The number of ether oxygens (including phenoxy) is 1.